The Morgan fingerprint density at radius 3 is 2.17 bits per heavy atom. The quantitative estimate of drug-likeness (QED) is 0.804. The second-order valence-corrected chi connectivity index (χ2v) is 5.87. The summed E-state index contributed by atoms with van der Waals surface area (Å²) in [7, 11) is 0. The smallest absolute Gasteiger partial charge is 0.407 e. The van der Waals surface area contributed by atoms with Crippen molar-refractivity contribution in [2.45, 2.75) is 26.2 Å². The molecule has 0 unspecified atom stereocenters. The highest BCUT2D eigenvalue weighted by Crippen LogP contribution is 2.14. The minimum absolute atomic E-state index is 0.341. The van der Waals surface area contributed by atoms with Crippen molar-refractivity contribution >= 4 is 17.7 Å². The summed E-state index contributed by atoms with van der Waals surface area (Å²) in [5.41, 5.74) is 3.64. The van der Waals surface area contributed by atoms with Gasteiger partial charge in [0.15, 0.2) is 0 Å². The minimum Gasteiger partial charge on any atom is -0.449 e. The van der Waals surface area contributed by atoms with Gasteiger partial charge < -0.3 is 10.1 Å². The lowest BCUT2D eigenvalue weighted by molar-refractivity contribution is 0.147. The summed E-state index contributed by atoms with van der Waals surface area (Å²) < 4.78 is 5.12. The van der Waals surface area contributed by atoms with E-state index in [4.69, 9.17) is 16.3 Å². The predicted molar refractivity (Wildman–Crippen MR) is 94.0 cm³/mol. The van der Waals surface area contributed by atoms with Crippen LogP contribution in [-0.4, -0.2) is 19.2 Å². The number of nitrogens with one attached hydrogen (secondary N) is 1. The van der Waals surface area contributed by atoms with Gasteiger partial charge in [0.2, 0.25) is 0 Å². The molecule has 3 nitrogen and oxygen atoms in total. The topological polar surface area (TPSA) is 38.3 Å². The van der Waals surface area contributed by atoms with Gasteiger partial charge in [0, 0.05) is 18.0 Å². The maximum atomic E-state index is 11.3. The zero-order chi connectivity index (χ0) is 16.5. The summed E-state index contributed by atoms with van der Waals surface area (Å²) in [4.78, 5) is 11.3. The van der Waals surface area contributed by atoms with E-state index < -0.39 is 0 Å². The Morgan fingerprint density at radius 1 is 1.00 bits per heavy atom. The van der Waals surface area contributed by atoms with E-state index in [2.05, 4.69) is 29.6 Å². The number of hydrogen-bond donors (Lipinski definition) is 1. The lowest BCUT2D eigenvalue weighted by atomic mass is 10.0. The van der Waals surface area contributed by atoms with Gasteiger partial charge >= 0.3 is 6.09 Å². The van der Waals surface area contributed by atoms with Gasteiger partial charge in [-0.05, 0) is 41.7 Å². The maximum Gasteiger partial charge on any atom is 0.407 e. The molecule has 0 aromatic heterocycles. The SMILES string of the molecule is CCCNC(=O)OCCc1ccc(Cc2ccc(Cl)cc2)cc1. The number of amides is 1. The van der Waals surface area contributed by atoms with Crippen LogP contribution in [0.1, 0.15) is 30.0 Å². The fourth-order valence-corrected chi connectivity index (χ4v) is 2.33. The van der Waals surface area contributed by atoms with Crippen LogP contribution in [0, 0.1) is 0 Å². The molecule has 1 N–H and O–H groups in total. The highest BCUT2D eigenvalue weighted by atomic mass is 35.5. The Kier molecular flexibility index (Phi) is 6.95. The van der Waals surface area contributed by atoms with Gasteiger partial charge in [-0.2, -0.15) is 0 Å². The number of halogens is 1. The van der Waals surface area contributed by atoms with Gasteiger partial charge in [0.05, 0.1) is 6.61 Å². The third-order valence-electron chi connectivity index (χ3n) is 3.49. The molecule has 0 heterocycles. The van der Waals surface area contributed by atoms with Gasteiger partial charge in [0.1, 0.15) is 0 Å². The summed E-state index contributed by atoms with van der Waals surface area (Å²) in [5.74, 6) is 0. The highest BCUT2D eigenvalue weighted by molar-refractivity contribution is 6.30. The molecule has 0 fully saturated rings. The monoisotopic (exact) mass is 331 g/mol. The second-order valence-electron chi connectivity index (χ2n) is 5.43. The largest absolute Gasteiger partial charge is 0.449 e. The van der Waals surface area contributed by atoms with E-state index in [-0.39, 0.29) is 6.09 Å². The number of carbonyl (C=O) groups is 1. The maximum absolute atomic E-state index is 11.3. The molecule has 2 aromatic rings. The molecule has 1 amide bonds. The molecule has 0 saturated carbocycles. The molecule has 2 aromatic carbocycles. The van der Waals surface area contributed by atoms with Crippen LogP contribution in [-0.2, 0) is 17.6 Å². The molecule has 23 heavy (non-hydrogen) atoms. The second kappa shape index (κ2) is 9.21. The third kappa shape index (κ3) is 6.33. The van der Waals surface area contributed by atoms with E-state index in [0.717, 1.165) is 29.8 Å². The lowest BCUT2D eigenvalue weighted by Gasteiger charge is -2.07. The van der Waals surface area contributed by atoms with Crippen molar-refractivity contribution in [2.24, 2.45) is 0 Å². The number of hydrogen-bond acceptors (Lipinski definition) is 2. The zero-order valence-corrected chi connectivity index (χ0v) is 14.1. The fourth-order valence-electron chi connectivity index (χ4n) is 2.20. The first-order valence-corrected chi connectivity index (χ1v) is 8.28. The van der Waals surface area contributed by atoms with E-state index in [1.165, 1.54) is 11.1 Å². The van der Waals surface area contributed by atoms with E-state index in [1.807, 2.05) is 31.2 Å². The fraction of sp³-hybridized carbons (Fsp3) is 0.316. The molecule has 4 heteroatoms. The van der Waals surface area contributed by atoms with Crippen LogP contribution in [0.5, 0.6) is 0 Å². The van der Waals surface area contributed by atoms with Gasteiger partial charge in [-0.15, -0.1) is 0 Å². The van der Waals surface area contributed by atoms with Gasteiger partial charge in [-0.25, -0.2) is 4.79 Å². The first-order valence-electron chi connectivity index (χ1n) is 7.90. The zero-order valence-electron chi connectivity index (χ0n) is 13.3. The average Bonchev–Trinajstić information content (AvgIpc) is 2.56. The lowest BCUT2D eigenvalue weighted by Crippen LogP contribution is -2.25. The number of benzene rings is 2. The van der Waals surface area contributed by atoms with Crippen molar-refractivity contribution in [3.8, 4) is 0 Å². The van der Waals surface area contributed by atoms with E-state index in [9.17, 15) is 4.79 Å². The van der Waals surface area contributed by atoms with Gasteiger partial charge in [0.25, 0.3) is 0 Å². The van der Waals surface area contributed by atoms with Crippen molar-refractivity contribution < 1.29 is 9.53 Å². The minimum atomic E-state index is -0.341. The molecule has 0 aliphatic carbocycles. The summed E-state index contributed by atoms with van der Waals surface area (Å²) in [6, 6.07) is 16.3. The first kappa shape index (κ1) is 17.4. The van der Waals surface area contributed by atoms with Crippen molar-refractivity contribution in [2.75, 3.05) is 13.2 Å². The number of ether oxygens (including phenoxy) is 1. The van der Waals surface area contributed by atoms with Crippen LogP contribution in [0.2, 0.25) is 5.02 Å². The molecular weight excluding hydrogens is 310 g/mol. The van der Waals surface area contributed by atoms with Crippen molar-refractivity contribution in [3.63, 3.8) is 0 Å². The number of rotatable bonds is 7. The highest BCUT2D eigenvalue weighted by Gasteiger charge is 2.01. The van der Waals surface area contributed by atoms with Crippen LogP contribution < -0.4 is 5.32 Å². The Morgan fingerprint density at radius 2 is 1.57 bits per heavy atom. The summed E-state index contributed by atoms with van der Waals surface area (Å²) in [6.45, 7) is 3.05. The standard InChI is InChI=1S/C19H22ClNO2/c1-2-12-21-19(22)23-13-11-15-3-5-16(6-4-15)14-17-7-9-18(20)10-8-17/h3-10H,2,11-14H2,1H3,(H,21,22). The van der Waals surface area contributed by atoms with Gasteiger partial charge in [-0.1, -0.05) is 54.9 Å². The van der Waals surface area contributed by atoms with Crippen LogP contribution >= 0.6 is 11.6 Å². The average molecular weight is 332 g/mol. The van der Waals surface area contributed by atoms with E-state index in [0.29, 0.717) is 13.2 Å². The molecular formula is C19H22ClNO2. The molecule has 0 aliphatic rings. The van der Waals surface area contributed by atoms with E-state index in [1.54, 1.807) is 0 Å². The first-order chi connectivity index (χ1) is 11.2. The van der Waals surface area contributed by atoms with Crippen LogP contribution in [0.25, 0.3) is 0 Å². The van der Waals surface area contributed by atoms with Crippen LogP contribution in [0.4, 0.5) is 4.79 Å². The Labute approximate surface area is 142 Å². The molecule has 0 radical (unpaired) electrons. The number of carbonyl (C=O) groups excluding carboxylic acids is 1. The third-order valence-corrected chi connectivity index (χ3v) is 3.74. The van der Waals surface area contributed by atoms with Crippen molar-refractivity contribution in [1.29, 1.82) is 0 Å². The van der Waals surface area contributed by atoms with Crippen molar-refractivity contribution in [1.82, 2.24) is 5.32 Å². The van der Waals surface area contributed by atoms with Crippen LogP contribution in [0.3, 0.4) is 0 Å². The molecule has 0 saturated heterocycles. The number of alkyl carbamates (subject to hydrolysis) is 1. The summed E-state index contributed by atoms with van der Waals surface area (Å²) >= 11 is 5.89. The molecule has 0 spiro atoms. The van der Waals surface area contributed by atoms with Crippen LogP contribution in [0.15, 0.2) is 48.5 Å². The summed E-state index contributed by atoms with van der Waals surface area (Å²) in [6.07, 6.45) is 2.17. The van der Waals surface area contributed by atoms with E-state index >= 15 is 0 Å². The Hall–Kier alpha value is -2.00. The Bertz CT molecular complexity index is 608. The molecule has 0 atom stereocenters. The summed E-state index contributed by atoms with van der Waals surface area (Å²) in [5, 5.41) is 3.44. The molecule has 0 bridgehead atoms. The molecule has 122 valence electrons. The normalized spacial score (nSPS) is 10.3. The molecule has 0 aliphatic heterocycles. The Balaban J connectivity index is 1.78. The van der Waals surface area contributed by atoms with Crippen molar-refractivity contribution in [3.05, 3.63) is 70.2 Å². The van der Waals surface area contributed by atoms with Gasteiger partial charge in [-0.3, -0.25) is 0 Å². The molecule has 2 rings (SSSR count). The predicted octanol–water partition coefficient (Wildman–Crippen LogP) is 4.61.